The predicted molar refractivity (Wildman–Crippen MR) is 78.1 cm³/mol. The van der Waals surface area contributed by atoms with Crippen molar-refractivity contribution in [1.29, 1.82) is 0 Å². The Morgan fingerprint density at radius 1 is 0.818 bits per heavy atom. The van der Waals surface area contributed by atoms with Gasteiger partial charge in [-0.05, 0) is 13.8 Å². The molecule has 0 spiro atoms. The van der Waals surface area contributed by atoms with Crippen LogP contribution in [-0.2, 0) is 28.7 Å². The molecule has 0 amide bonds. The average Bonchev–Trinajstić information content (AvgIpc) is 2.46. The van der Waals surface area contributed by atoms with Gasteiger partial charge in [0.05, 0.1) is 13.2 Å². The van der Waals surface area contributed by atoms with Gasteiger partial charge in [-0.1, -0.05) is 13.2 Å². The molecule has 0 saturated heterocycles. The molecule has 0 aliphatic rings. The van der Waals surface area contributed by atoms with Crippen molar-refractivity contribution in [2.24, 2.45) is 0 Å². The molecule has 8 heteroatoms. The van der Waals surface area contributed by atoms with Gasteiger partial charge in [-0.15, -0.1) is 0 Å². The molecule has 0 fully saturated rings. The molecule has 124 valence electrons. The predicted octanol–water partition coefficient (Wildman–Crippen LogP) is 1.18. The summed E-state index contributed by atoms with van der Waals surface area (Å²) in [7, 11) is 0. The largest absolute Gasteiger partial charge is 0.478 e. The standard InChI is InChI=1S/2C5H8O2.C4H4O4/c2*1-3-5(6)7-4-2;5-3(6)1-2-4(7)8/h2*3H,1,4H2,2H3;1-2H,(H,5,6)(H,7,8)/b;;2-1-. The minimum absolute atomic E-state index is 0.359. The van der Waals surface area contributed by atoms with Gasteiger partial charge in [-0.3, -0.25) is 0 Å². The second-order valence-corrected chi connectivity index (χ2v) is 2.92. The SMILES string of the molecule is C=CC(=O)OCC.C=CC(=O)OCC.O=C(O)/C=C\C(=O)O. The monoisotopic (exact) mass is 316 g/mol. The zero-order valence-electron chi connectivity index (χ0n) is 12.5. The van der Waals surface area contributed by atoms with E-state index in [1.165, 1.54) is 0 Å². The number of esters is 2. The molecule has 0 radical (unpaired) electrons. The molecule has 0 aliphatic carbocycles. The second-order valence-electron chi connectivity index (χ2n) is 2.92. The van der Waals surface area contributed by atoms with Crippen LogP contribution in [0.1, 0.15) is 13.8 Å². The highest BCUT2D eigenvalue weighted by atomic mass is 16.5. The number of carboxylic acids is 2. The zero-order valence-corrected chi connectivity index (χ0v) is 12.5. The summed E-state index contributed by atoms with van der Waals surface area (Å²) in [6, 6.07) is 0. The topological polar surface area (TPSA) is 127 Å². The van der Waals surface area contributed by atoms with Crippen molar-refractivity contribution in [3.05, 3.63) is 37.5 Å². The number of carboxylic acid groups (broad SMARTS) is 2. The maximum atomic E-state index is 10.1. The Balaban J connectivity index is -0.000000247. The average molecular weight is 316 g/mol. The highest BCUT2D eigenvalue weighted by Crippen LogP contribution is 1.75. The highest BCUT2D eigenvalue weighted by molar-refractivity contribution is 5.89. The van der Waals surface area contributed by atoms with Gasteiger partial charge in [0.15, 0.2) is 0 Å². The second kappa shape index (κ2) is 18.1. The zero-order chi connectivity index (χ0) is 18.0. The molecule has 0 unspecified atom stereocenters. The van der Waals surface area contributed by atoms with Crippen molar-refractivity contribution in [2.75, 3.05) is 13.2 Å². The normalized spacial score (nSPS) is 8.27. The summed E-state index contributed by atoms with van der Waals surface area (Å²) in [6.07, 6.45) is 3.40. The van der Waals surface area contributed by atoms with E-state index in [1.54, 1.807) is 13.8 Å². The summed E-state index contributed by atoms with van der Waals surface area (Å²) >= 11 is 0. The third-order valence-corrected chi connectivity index (χ3v) is 1.28. The van der Waals surface area contributed by atoms with Gasteiger partial charge in [-0.25, -0.2) is 19.2 Å². The maximum absolute atomic E-state index is 10.1. The van der Waals surface area contributed by atoms with Gasteiger partial charge in [0.1, 0.15) is 0 Å². The third kappa shape index (κ3) is 30.3. The number of hydrogen-bond donors (Lipinski definition) is 2. The smallest absolute Gasteiger partial charge is 0.330 e. The maximum Gasteiger partial charge on any atom is 0.330 e. The van der Waals surface area contributed by atoms with Gasteiger partial charge >= 0.3 is 23.9 Å². The van der Waals surface area contributed by atoms with Crippen LogP contribution in [0.4, 0.5) is 0 Å². The van der Waals surface area contributed by atoms with Crippen LogP contribution < -0.4 is 0 Å². The van der Waals surface area contributed by atoms with E-state index < -0.39 is 11.9 Å². The van der Waals surface area contributed by atoms with Crippen LogP contribution in [0.3, 0.4) is 0 Å². The first kappa shape index (κ1) is 24.1. The van der Waals surface area contributed by atoms with E-state index in [9.17, 15) is 19.2 Å². The molecule has 0 atom stereocenters. The molecular weight excluding hydrogens is 296 g/mol. The van der Waals surface area contributed by atoms with Gasteiger partial charge in [0, 0.05) is 24.3 Å². The fourth-order valence-corrected chi connectivity index (χ4v) is 0.545. The minimum atomic E-state index is -1.26. The molecule has 22 heavy (non-hydrogen) atoms. The highest BCUT2D eigenvalue weighted by Gasteiger charge is 1.88. The molecule has 0 rings (SSSR count). The van der Waals surface area contributed by atoms with Crippen LogP contribution in [0.25, 0.3) is 0 Å². The van der Waals surface area contributed by atoms with Crippen molar-refractivity contribution < 1.29 is 38.9 Å². The van der Waals surface area contributed by atoms with Gasteiger partial charge in [0.25, 0.3) is 0 Å². The van der Waals surface area contributed by atoms with Crippen molar-refractivity contribution in [3.63, 3.8) is 0 Å². The Morgan fingerprint density at radius 2 is 1.09 bits per heavy atom. The molecule has 0 aromatic carbocycles. The van der Waals surface area contributed by atoms with Crippen molar-refractivity contribution >= 4 is 23.9 Å². The van der Waals surface area contributed by atoms with E-state index in [-0.39, 0.29) is 11.9 Å². The van der Waals surface area contributed by atoms with Crippen molar-refractivity contribution in [1.82, 2.24) is 0 Å². The molecule has 0 heterocycles. The van der Waals surface area contributed by atoms with Crippen LogP contribution in [0.5, 0.6) is 0 Å². The molecule has 2 N–H and O–H groups in total. The number of aliphatic carboxylic acids is 2. The Kier molecular flexibility index (Phi) is 19.9. The number of carbonyl (C=O) groups is 4. The summed E-state index contributed by atoms with van der Waals surface area (Å²) in [6.45, 7) is 10.8. The first-order chi connectivity index (χ1) is 10.2. The van der Waals surface area contributed by atoms with Crippen LogP contribution >= 0.6 is 0 Å². The van der Waals surface area contributed by atoms with Crippen molar-refractivity contribution in [3.8, 4) is 0 Å². The fraction of sp³-hybridized carbons (Fsp3) is 0.286. The first-order valence-corrected chi connectivity index (χ1v) is 5.97. The van der Waals surface area contributed by atoms with Gasteiger partial charge in [-0.2, -0.15) is 0 Å². The summed E-state index contributed by atoms with van der Waals surface area (Å²) < 4.78 is 8.87. The van der Waals surface area contributed by atoms with E-state index >= 15 is 0 Å². The lowest BCUT2D eigenvalue weighted by Crippen LogP contribution is -1.97. The Morgan fingerprint density at radius 3 is 1.18 bits per heavy atom. The van der Waals surface area contributed by atoms with Gasteiger partial charge < -0.3 is 19.7 Å². The summed E-state index contributed by atoms with van der Waals surface area (Å²) in [4.78, 5) is 39.3. The lowest BCUT2D eigenvalue weighted by molar-refractivity contribution is -0.138. The lowest BCUT2D eigenvalue weighted by Gasteiger charge is -1.90. The third-order valence-electron chi connectivity index (χ3n) is 1.28. The molecule has 0 aromatic rings. The van der Waals surface area contributed by atoms with E-state index in [0.717, 1.165) is 12.2 Å². The van der Waals surface area contributed by atoms with Crippen LogP contribution in [0.2, 0.25) is 0 Å². The molecule has 0 aliphatic heterocycles. The van der Waals surface area contributed by atoms with Crippen molar-refractivity contribution in [2.45, 2.75) is 13.8 Å². The minimum Gasteiger partial charge on any atom is -0.478 e. The van der Waals surface area contributed by atoms with E-state index in [0.29, 0.717) is 25.4 Å². The summed E-state index contributed by atoms with van der Waals surface area (Å²) in [5.74, 6) is -3.23. The molecule has 8 nitrogen and oxygen atoms in total. The molecule has 0 aromatic heterocycles. The summed E-state index contributed by atoms with van der Waals surface area (Å²) in [5.41, 5.74) is 0. The van der Waals surface area contributed by atoms with Gasteiger partial charge in [0.2, 0.25) is 0 Å². The first-order valence-electron chi connectivity index (χ1n) is 5.97. The molecule has 0 bridgehead atoms. The molecule has 0 saturated carbocycles. The number of ether oxygens (including phenoxy) is 2. The Bertz CT molecular complexity index is 371. The van der Waals surface area contributed by atoms with Crippen LogP contribution in [0, 0.1) is 0 Å². The Labute approximate surface area is 128 Å². The van der Waals surface area contributed by atoms with E-state index in [1.807, 2.05) is 0 Å². The number of hydrogen-bond acceptors (Lipinski definition) is 6. The quantitative estimate of drug-likeness (QED) is 0.552. The van der Waals surface area contributed by atoms with Crippen LogP contribution in [0.15, 0.2) is 37.5 Å². The Hall–Kier alpha value is -2.90. The number of carbonyl (C=O) groups excluding carboxylic acids is 2. The fourth-order valence-electron chi connectivity index (χ4n) is 0.545. The lowest BCUT2D eigenvalue weighted by atomic mass is 10.5. The molecular formula is C14H20O8. The van der Waals surface area contributed by atoms with E-state index in [2.05, 4.69) is 22.6 Å². The number of rotatable bonds is 6. The van der Waals surface area contributed by atoms with E-state index in [4.69, 9.17) is 10.2 Å². The summed E-state index contributed by atoms with van der Waals surface area (Å²) in [5, 5.41) is 15.6. The van der Waals surface area contributed by atoms with Crippen LogP contribution in [-0.4, -0.2) is 47.3 Å².